The predicted molar refractivity (Wildman–Crippen MR) is 76.2 cm³/mol. The number of rotatable bonds is 7. The van der Waals surface area contributed by atoms with Crippen LogP contribution in [0.15, 0.2) is 18.2 Å². The van der Waals surface area contributed by atoms with Crippen molar-refractivity contribution in [1.82, 2.24) is 9.88 Å². The van der Waals surface area contributed by atoms with Crippen molar-refractivity contribution < 1.29 is 18.7 Å². The first-order valence-electron chi connectivity index (χ1n) is 7.00. The molecule has 0 aliphatic rings. The number of carbonyl (C=O) groups excluding carboxylic acids is 2. The number of nitrogens with zero attached hydrogens (tertiary/aromatic N) is 2. The van der Waals surface area contributed by atoms with Crippen LogP contribution in [0, 0.1) is 11.9 Å². The van der Waals surface area contributed by atoms with Crippen LogP contribution in [0.25, 0.3) is 0 Å². The SMILES string of the molecule is CCC(CC)CN(CC(=O)OC)C(=O)c1cccc(F)n1. The number of halogens is 1. The molecule has 1 rings (SSSR count). The minimum absolute atomic E-state index is 0.00939. The fourth-order valence-corrected chi connectivity index (χ4v) is 1.99. The average Bonchev–Trinajstić information content (AvgIpc) is 2.50. The monoisotopic (exact) mass is 296 g/mol. The summed E-state index contributed by atoms with van der Waals surface area (Å²) >= 11 is 0. The molecule has 6 heteroatoms. The van der Waals surface area contributed by atoms with Crippen molar-refractivity contribution in [2.24, 2.45) is 5.92 Å². The molecule has 0 atom stereocenters. The van der Waals surface area contributed by atoms with Crippen LogP contribution in [0.4, 0.5) is 4.39 Å². The lowest BCUT2D eigenvalue weighted by molar-refractivity contribution is -0.141. The summed E-state index contributed by atoms with van der Waals surface area (Å²) in [4.78, 5) is 28.8. The van der Waals surface area contributed by atoms with E-state index < -0.39 is 17.8 Å². The molecule has 1 aromatic heterocycles. The average molecular weight is 296 g/mol. The lowest BCUT2D eigenvalue weighted by Crippen LogP contribution is -2.39. The zero-order chi connectivity index (χ0) is 15.8. The highest BCUT2D eigenvalue weighted by Gasteiger charge is 2.23. The van der Waals surface area contributed by atoms with E-state index in [9.17, 15) is 14.0 Å². The molecule has 0 aliphatic heterocycles. The maximum atomic E-state index is 13.1. The molecule has 21 heavy (non-hydrogen) atoms. The van der Waals surface area contributed by atoms with Crippen molar-refractivity contribution in [3.05, 3.63) is 29.8 Å². The molecular weight excluding hydrogens is 275 g/mol. The van der Waals surface area contributed by atoms with E-state index in [1.165, 1.54) is 30.2 Å². The zero-order valence-corrected chi connectivity index (χ0v) is 12.6. The van der Waals surface area contributed by atoms with Gasteiger partial charge < -0.3 is 9.64 Å². The predicted octanol–water partition coefficient (Wildman–Crippen LogP) is 2.27. The van der Waals surface area contributed by atoms with Crippen LogP contribution in [-0.4, -0.2) is 42.0 Å². The zero-order valence-electron chi connectivity index (χ0n) is 12.6. The topological polar surface area (TPSA) is 59.5 Å². The smallest absolute Gasteiger partial charge is 0.325 e. The van der Waals surface area contributed by atoms with E-state index >= 15 is 0 Å². The molecule has 1 amide bonds. The summed E-state index contributed by atoms with van der Waals surface area (Å²) in [5.41, 5.74) is -0.00939. The number of hydrogen-bond acceptors (Lipinski definition) is 4. The molecule has 0 unspecified atom stereocenters. The Balaban J connectivity index is 2.93. The molecule has 0 spiro atoms. The first-order valence-corrected chi connectivity index (χ1v) is 7.00. The first kappa shape index (κ1) is 17.1. The second-order valence-electron chi connectivity index (χ2n) is 4.79. The van der Waals surface area contributed by atoms with Gasteiger partial charge in [0.25, 0.3) is 5.91 Å². The highest BCUT2D eigenvalue weighted by Crippen LogP contribution is 2.12. The molecule has 0 bridgehead atoms. The molecule has 0 aromatic carbocycles. The second kappa shape index (κ2) is 8.34. The van der Waals surface area contributed by atoms with Gasteiger partial charge in [-0.2, -0.15) is 4.39 Å². The van der Waals surface area contributed by atoms with E-state index in [-0.39, 0.29) is 18.2 Å². The number of methoxy groups -OCH3 is 1. The molecule has 0 saturated heterocycles. The van der Waals surface area contributed by atoms with Gasteiger partial charge in [0.15, 0.2) is 0 Å². The summed E-state index contributed by atoms with van der Waals surface area (Å²) < 4.78 is 17.8. The third kappa shape index (κ3) is 5.13. The highest BCUT2D eigenvalue weighted by atomic mass is 19.1. The van der Waals surface area contributed by atoms with Gasteiger partial charge in [-0.15, -0.1) is 0 Å². The van der Waals surface area contributed by atoms with Gasteiger partial charge in [0, 0.05) is 6.54 Å². The highest BCUT2D eigenvalue weighted by molar-refractivity contribution is 5.94. The Morgan fingerprint density at radius 3 is 2.52 bits per heavy atom. The number of ether oxygens (including phenoxy) is 1. The minimum Gasteiger partial charge on any atom is -0.468 e. The summed E-state index contributed by atoms with van der Waals surface area (Å²) in [6, 6.07) is 4.02. The van der Waals surface area contributed by atoms with Crippen molar-refractivity contribution in [3.8, 4) is 0 Å². The molecule has 1 heterocycles. The number of hydrogen-bond donors (Lipinski definition) is 0. The lowest BCUT2D eigenvalue weighted by atomic mass is 10.0. The van der Waals surface area contributed by atoms with Crippen LogP contribution in [0.3, 0.4) is 0 Å². The number of amides is 1. The van der Waals surface area contributed by atoms with Gasteiger partial charge in [-0.3, -0.25) is 9.59 Å². The molecule has 116 valence electrons. The normalized spacial score (nSPS) is 10.5. The third-order valence-electron chi connectivity index (χ3n) is 3.40. The number of aromatic nitrogens is 1. The maximum absolute atomic E-state index is 13.1. The molecular formula is C15H21FN2O3. The quantitative estimate of drug-likeness (QED) is 0.572. The molecule has 5 nitrogen and oxygen atoms in total. The lowest BCUT2D eigenvalue weighted by Gasteiger charge is -2.25. The van der Waals surface area contributed by atoms with Crippen molar-refractivity contribution in [2.45, 2.75) is 26.7 Å². The van der Waals surface area contributed by atoms with Gasteiger partial charge in [0.05, 0.1) is 7.11 Å². The van der Waals surface area contributed by atoms with Crippen LogP contribution >= 0.6 is 0 Å². The molecule has 0 N–H and O–H groups in total. The Morgan fingerprint density at radius 2 is 2.00 bits per heavy atom. The summed E-state index contributed by atoms with van der Waals surface area (Å²) in [6.45, 7) is 4.30. The van der Waals surface area contributed by atoms with Gasteiger partial charge in [-0.05, 0) is 18.1 Å². The van der Waals surface area contributed by atoms with Gasteiger partial charge >= 0.3 is 5.97 Å². The van der Waals surface area contributed by atoms with Crippen molar-refractivity contribution in [2.75, 3.05) is 20.2 Å². The molecule has 1 aromatic rings. The fourth-order valence-electron chi connectivity index (χ4n) is 1.99. The van der Waals surface area contributed by atoms with Crippen LogP contribution in [0.2, 0.25) is 0 Å². The Bertz CT molecular complexity index is 490. The summed E-state index contributed by atoms with van der Waals surface area (Å²) in [5.74, 6) is -1.42. The number of pyridine rings is 1. The van der Waals surface area contributed by atoms with E-state index in [0.717, 1.165) is 12.8 Å². The second-order valence-corrected chi connectivity index (χ2v) is 4.79. The summed E-state index contributed by atoms with van der Waals surface area (Å²) in [6.07, 6.45) is 1.77. The van der Waals surface area contributed by atoms with E-state index in [2.05, 4.69) is 9.72 Å². The summed E-state index contributed by atoms with van der Waals surface area (Å²) in [5, 5.41) is 0. The Labute approximate surface area is 124 Å². The van der Waals surface area contributed by atoms with Gasteiger partial charge in [-0.1, -0.05) is 32.8 Å². The van der Waals surface area contributed by atoms with Crippen molar-refractivity contribution in [1.29, 1.82) is 0 Å². The van der Waals surface area contributed by atoms with Crippen LogP contribution in [-0.2, 0) is 9.53 Å². The van der Waals surface area contributed by atoms with Gasteiger partial charge in [0.2, 0.25) is 5.95 Å². The Hall–Kier alpha value is -1.98. The molecule has 0 saturated carbocycles. The van der Waals surface area contributed by atoms with Gasteiger partial charge in [0.1, 0.15) is 12.2 Å². The Kier molecular flexibility index (Phi) is 6.78. The molecule has 0 fully saturated rings. The minimum atomic E-state index is -0.721. The largest absolute Gasteiger partial charge is 0.468 e. The standard InChI is InChI=1S/C15H21FN2O3/c1-4-11(5-2)9-18(10-14(19)21-3)15(20)12-7-6-8-13(16)17-12/h6-8,11H,4-5,9-10H2,1-3H3. The van der Waals surface area contributed by atoms with Crippen LogP contribution < -0.4 is 0 Å². The fraction of sp³-hybridized carbons (Fsp3) is 0.533. The van der Waals surface area contributed by atoms with E-state index in [1.54, 1.807) is 0 Å². The Morgan fingerprint density at radius 1 is 1.33 bits per heavy atom. The van der Waals surface area contributed by atoms with Crippen molar-refractivity contribution in [3.63, 3.8) is 0 Å². The number of esters is 1. The van der Waals surface area contributed by atoms with Gasteiger partial charge in [-0.25, -0.2) is 4.98 Å². The molecule has 0 radical (unpaired) electrons. The third-order valence-corrected chi connectivity index (χ3v) is 3.40. The van der Waals surface area contributed by atoms with E-state index in [1.807, 2.05) is 13.8 Å². The number of carbonyl (C=O) groups is 2. The summed E-state index contributed by atoms with van der Waals surface area (Å²) in [7, 11) is 1.27. The van der Waals surface area contributed by atoms with Crippen LogP contribution in [0.1, 0.15) is 37.2 Å². The van der Waals surface area contributed by atoms with E-state index in [4.69, 9.17) is 0 Å². The maximum Gasteiger partial charge on any atom is 0.325 e. The molecule has 0 aliphatic carbocycles. The van der Waals surface area contributed by atoms with Crippen molar-refractivity contribution >= 4 is 11.9 Å². The first-order chi connectivity index (χ1) is 10.0. The van der Waals surface area contributed by atoms with E-state index in [0.29, 0.717) is 6.54 Å². The van der Waals surface area contributed by atoms with Crippen LogP contribution in [0.5, 0.6) is 0 Å².